The third kappa shape index (κ3) is 0.777. The van der Waals surface area contributed by atoms with Crippen LogP contribution in [-0.4, -0.2) is 19.6 Å². The molecule has 0 amide bonds. The van der Waals surface area contributed by atoms with Crippen molar-refractivity contribution < 1.29 is 0 Å². The zero-order valence-corrected chi connectivity index (χ0v) is 9.38. The first-order valence-electron chi connectivity index (χ1n) is 5.87. The van der Waals surface area contributed by atoms with E-state index in [0.29, 0.717) is 0 Å². The van der Waals surface area contributed by atoms with Crippen LogP contribution in [0.1, 0.15) is 0 Å². The van der Waals surface area contributed by atoms with Crippen molar-refractivity contribution in [3.8, 4) is 0 Å². The molecule has 0 radical (unpaired) electrons. The fraction of sp³-hybridized carbons (Fsp3) is 0. The summed E-state index contributed by atoms with van der Waals surface area (Å²) >= 11 is 0. The highest BCUT2D eigenvalue weighted by Crippen LogP contribution is 2.35. The molecule has 4 aromatic heterocycles. The number of pyridine rings is 2. The van der Waals surface area contributed by atoms with Crippen LogP contribution in [0.15, 0.2) is 42.9 Å². The minimum atomic E-state index is 1.09. The van der Waals surface area contributed by atoms with Crippen LogP contribution in [0.25, 0.3) is 38.2 Å². The molecule has 0 spiro atoms. The lowest BCUT2D eigenvalue weighted by atomic mass is 10.1. The Morgan fingerprint density at radius 2 is 1.94 bits per heavy atom. The first-order chi connectivity index (χ1) is 8.93. The number of fused-ring (bicyclic) bond motifs is 3. The maximum absolute atomic E-state index is 4.42. The van der Waals surface area contributed by atoms with E-state index in [-0.39, 0.29) is 0 Å². The van der Waals surface area contributed by atoms with Gasteiger partial charge in [-0.2, -0.15) is 5.10 Å². The van der Waals surface area contributed by atoms with Gasteiger partial charge in [0.05, 0.1) is 28.9 Å². The van der Waals surface area contributed by atoms with Crippen LogP contribution in [0.3, 0.4) is 0 Å². The van der Waals surface area contributed by atoms with Crippen molar-refractivity contribution in [2.24, 2.45) is 0 Å². The molecule has 4 nitrogen and oxygen atoms in total. The smallest absolute Gasteiger partial charge is 0.0763 e. The molecule has 0 saturated carbocycles. The summed E-state index contributed by atoms with van der Waals surface area (Å²) in [5.41, 5.74) is 4.46. The predicted molar refractivity (Wildman–Crippen MR) is 71.0 cm³/mol. The number of H-pyrrole nitrogens is 1. The summed E-state index contributed by atoms with van der Waals surface area (Å²) in [5, 5.41) is 8.06. The number of aromatic amines is 1. The van der Waals surface area contributed by atoms with Crippen LogP contribution in [0.4, 0.5) is 0 Å². The van der Waals surface area contributed by atoms with E-state index in [9.17, 15) is 0 Å². The van der Waals surface area contributed by atoms with Crippen LogP contribution in [0, 0.1) is 0 Å². The Kier molecular flexibility index (Phi) is 1.23. The Morgan fingerprint density at radius 3 is 2.94 bits per heavy atom. The lowest BCUT2D eigenvalue weighted by Crippen LogP contribution is -1.91. The zero-order chi connectivity index (χ0) is 11.7. The summed E-state index contributed by atoms with van der Waals surface area (Å²) in [6.07, 6.45) is 5.64. The first kappa shape index (κ1) is 8.47. The lowest BCUT2D eigenvalue weighted by molar-refractivity contribution is 1.01. The molecule has 18 heavy (non-hydrogen) atoms. The van der Waals surface area contributed by atoms with E-state index in [1.807, 2.05) is 29.2 Å². The molecule has 0 atom stereocenters. The van der Waals surface area contributed by atoms with E-state index in [1.54, 1.807) is 0 Å². The van der Waals surface area contributed by atoms with E-state index < -0.39 is 0 Å². The van der Waals surface area contributed by atoms with Crippen LogP contribution < -0.4 is 0 Å². The topological polar surface area (TPSA) is 46.0 Å². The van der Waals surface area contributed by atoms with Crippen molar-refractivity contribution in [2.45, 2.75) is 0 Å². The van der Waals surface area contributed by atoms with Gasteiger partial charge in [-0.25, -0.2) is 4.52 Å². The molecule has 0 aliphatic heterocycles. The predicted octanol–water partition coefficient (Wildman–Crippen LogP) is 2.95. The molecule has 0 fully saturated rings. The highest BCUT2D eigenvalue weighted by Gasteiger charge is 2.15. The largest absolute Gasteiger partial charge is 0.353 e. The Morgan fingerprint density at radius 1 is 0.944 bits per heavy atom. The summed E-state index contributed by atoms with van der Waals surface area (Å²) in [6, 6.07) is 8.29. The molecular weight excluding hydrogens is 224 g/mol. The number of benzene rings is 1. The van der Waals surface area contributed by atoms with E-state index in [0.717, 1.165) is 27.5 Å². The van der Waals surface area contributed by atoms with Gasteiger partial charge in [-0.15, -0.1) is 0 Å². The molecular formula is C14H8N4. The second kappa shape index (κ2) is 2.61. The first-order valence-corrected chi connectivity index (χ1v) is 5.87. The molecule has 4 heteroatoms. The summed E-state index contributed by atoms with van der Waals surface area (Å²) in [5.74, 6) is 0. The molecule has 1 N–H and O–H groups in total. The third-order valence-electron chi connectivity index (χ3n) is 3.65. The monoisotopic (exact) mass is 232 g/mol. The van der Waals surface area contributed by atoms with E-state index in [4.69, 9.17) is 0 Å². The van der Waals surface area contributed by atoms with Gasteiger partial charge in [0.15, 0.2) is 0 Å². The van der Waals surface area contributed by atoms with Crippen LogP contribution in [0.2, 0.25) is 0 Å². The van der Waals surface area contributed by atoms with Gasteiger partial charge in [0.25, 0.3) is 0 Å². The van der Waals surface area contributed by atoms with Crippen LogP contribution in [-0.2, 0) is 0 Å². The van der Waals surface area contributed by atoms with Gasteiger partial charge < -0.3 is 4.98 Å². The molecule has 5 rings (SSSR count). The normalized spacial score (nSPS) is 12.4. The molecule has 0 bridgehead atoms. The minimum absolute atomic E-state index is 1.09. The van der Waals surface area contributed by atoms with Gasteiger partial charge in [-0.3, -0.25) is 4.98 Å². The number of hydrogen-bond donors (Lipinski definition) is 1. The SMILES string of the molecule is c1cc2[nH]c3cncc4c3c2c(c1)n1nccc41. The fourth-order valence-electron chi connectivity index (χ4n) is 2.95. The van der Waals surface area contributed by atoms with Crippen molar-refractivity contribution in [3.63, 3.8) is 0 Å². The maximum atomic E-state index is 4.42. The summed E-state index contributed by atoms with van der Waals surface area (Å²) in [6.45, 7) is 0. The molecule has 84 valence electrons. The van der Waals surface area contributed by atoms with Crippen molar-refractivity contribution in [1.29, 1.82) is 0 Å². The Bertz CT molecular complexity index is 942. The number of hydrogen-bond acceptors (Lipinski definition) is 2. The minimum Gasteiger partial charge on any atom is -0.353 e. The molecule has 5 aromatic rings. The van der Waals surface area contributed by atoms with Gasteiger partial charge in [0.1, 0.15) is 0 Å². The van der Waals surface area contributed by atoms with Crippen molar-refractivity contribution in [3.05, 3.63) is 42.9 Å². The molecule has 1 aromatic carbocycles. The fourth-order valence-corrected chi connectivity index (χ4v) is 2.95. The quantitative estimate of drug-likeness (QED) is 0.417. The van der Waals surface area contributed by atoms with Crippen LogP contribution >= 0.6 is 0 Å². The standard InChI is InChI=1S/C14H8N4/c1-2-9-14-12(3-1)18-11(4-5-16-18)8-6-15-7-10(17-9)13(8)14/h1-7,17H. The van der Waals surface area contributed by atoms with Gasteiger partial charge >= 0.3 is 0 Å². The molecule has 0 saturated heterocycles. The summed E-state index contributed by atoms with van der Waals surface area (Å²) in [4.78, 5) is 7.73. The summed E-state index contributed by atoms with van der Waals surface area (Å²) in [7, 11) is 0. The van der Waals surface area contributed by atoms with Crippen molar-refractivity contribution in [2.75, 3.05) is 0 Å². The van der Waals surface area contributed by atoms with Crippen molar-refractivity contribution in [1.82, 2.24) is 19.6 Å². The van der Waals surface area contributed by atoms with E-state index in [1.165, 1.54) is 10.8 Å². The zero-order valence-electron chi connectivity index (χ0n) is 9.38. The van der Waals surface area contributed by atoms with E-state index >= 15 is 0 Å². The number of aromatic nitrogens is 4. The maximum Gasteiger partial charge on any atom is 0.0763 e. The van der Waals surface area contributed by atoms with E-state index in [2.05, 4.69) is 33.3 Å². The number of rotatable bonds is 0. The van der Waals surface area contributed by atoms with Crippen molar-refractivity contribution >= 4 is 38.2 Å². The lowest BCUT2D eigenvalue weighted by Gasteiger charge is -2.05. The van der Waals surface area contributed by atoms with Gasteiger partial charge in [0.2, 0.25) is 0 Å². The average Bonchev–Trinajstić information content (AvgIpc) is 3.02. The van der Waals surface area contributed by atoms with Gasteiger partial charge in [-0.1, -0.05) is 6.07 Å². The molecule has 0 unspecified atom stereocenters. The second-order valence-corrected chi connectivity index (χ2v) is 4.56. The molecule has 0 aliphatic carbocycles. The van der Waals surface area contributed by atoms with Crippen LogP contribution in [0.5, 0.6) is 0 Å². The highest BCUT2D eigenvalue weighted by molar-refractivity contribution is 6.25. The summed E-state index contributed by atoms with van der Waals surface area (Å²) < 4.78 is 1.99. The Labute approximate surface area is 101 Å². The highest BCUT2D eigenvalue weighted by atomic mass is 15.2. The third-order valence-corrected chi connectivity index (χ3v) is 3.65. The average molecular weight is 232 g/mol. The molecule has 0 aliphatic rings. The Hall–Kier alpha value is -2.62. The molecule has 4 heterocycles. The van der Waals surface area contributed by atoms with Gasteiger partial charge in [0, 0.05) is 27.9 Å². The number of nitrogens with zero attached hydrogens (tertiary/aromatic N) is 3. The number of nitrogens with one attached hydrogen (secondary N) is 1. The second-order valence-electron chi connectivity index (χ2n) is 4.56. The Balaban J connectivity index is 2.38. The van der Waals surface area contributed by atoms with Gasteiger partial charge in [-0.05, 0) is 18.2 Å².